The van der Waals surface area contributed by atoms with Crippen LogP contribution in [0, 0.1) is 0 Å². The van der Waals surface area contributed by atoms with Crippen molar-refractivity contribution in [3.8, 4) is 0 Å². The zero-order chi connectivity index (χ0) is 13.7. The summed E-state index contributed by atoms with van der Waals surface area (Å²) in [7, 11) is 0. The van der Waals surface area contributed by atoms with E-state index in [9.17, 15) is 9.59 Å². The predicted octanol–water partition coefficient (Wildman–Crippen LogP) is 0.184. The molecule has 1 aliphatic heterocycles. The molecule has 0 spiro atoms. The molecule has 0 bridgehead atoms. The molecule has 2 amide bonds. The van der Waals surface area contributed by atoms with Gasteiger partial charge in [-0.3, -0.25) is 4.79 Å². The van der Waals surface area contributed by atoms with Crippen molar-refractivity contribution >= 4 is 12.0 Å². The Morgan fingerprint density at radius 2 is 1.89 bits per heavy atom. The van der Waals surface area contributed by atoms with Crippen LogP contribution < -0.4 is 0 Å². The third-order valence-electron chi connectivity index (χ3n) is 3.04. The van der Waals surface area contributed by atoms with E-state index in [1.165, 1.54) is 0 Å². The van der Waals surface area contributed by atoms with Crippen molar-refractivity contribution < 1.29 is 14.3 Å². The first-order valence-electron chi connectivity index (χ1n) is 6.36. The summed E-state index contributed by atoms with van der Waals surface area (Å²) >= 11 is 0. The minimum Gasteiger partial charge on any atom is -0.450 e. The molecular weight excluding hydrogens is 248 g/mol. The molecule has 0 aromatic carbocycles. The number of piperazine rings is 1. The number of imidazole rings is 1. The summed E-state index contributed by atoms with van der Waals surface area (Å²) in [5, 5.41) is 0. The number of ether oxygens (including phenoxy) is 1. The Balaban J connectivity index is 1.79. The number of amides is 2. The Kier molecular flexibility index (Phi) is 4.38. The van der Waals surface area contributed by atoms with Crippen LogP contribution in [0.1, 0.15) is 6.92 Å². The van der Waals surface area contributed by atoms with Gasteiger partial charge >= 0.3 is 6.09 Å². The molecule has 104 valence electrons. The molecule has 19 heavy (non-hydrogen) atoms. The fourth-order valence-corrected chi connectivity index (χ4v) is 1.99. The topological polar surface area (TPSA) is 67.7 Å². The normalized spacial score (nSPS) is 15.4. The smallest absolute Gasteiger partial charge is 0.409 e. The Morgan fingerprint density at radius 3 is 2.47 bits per heavy atom. The minimum absolute atomic E-state index is 0.0431. The number of hydrogen-bond donors (Lipinski definition) is 0. The molecule has 7 heteroatoms. The lowest BCUT2D eigenvalue weighted by atomic mass is 10.3. The SMILES string of the molecule is CCOC(=O)N1CCN(C(=O)Cn2ccnc2)CC1. The van der Waals surface area contributed by atoms with Crippen molar-refractivity contribution in [1.29, 1.82) is 0 Å². The van der Waals surface area contributed by atoms with E-state index in [4.69, 9.17) is 4.74 Å². The number of aromatic nitrogens is 2. The van der Waals surface area contributed by atoms with E-state index in [1.54, 1.807) is 40.0 Å². The van der Waals surface area contributed by atoms with Gasteiger partial charge in [0.25, 0.3) is 0 Å². The lowest BCUT2D eigenvalue weighted by Crippen LogP contribution is -2.51. The molecule has 1 aromatic rings. The first-order chi connectivity index (χ1) is 9.20. The van der Waals surface area contributed by atoms with Gasteiger partial charge in [-0.2, -0.15) is 0 Å². The third kappa shape index (κ3) is 3.46. The van der Waals surface area contributed by atoms with Crippen molar-refractivity contribution in [2.24, 2.45) is 0 Å². The van der Waals surface area contributed by atoms with Crippen molar-refractivity contribution in [2.45, 2.75) is 13.5 Å². The molecule has 0 unspecified atom stereocenters. The Bertz CT molecular complexity index is 424. The van der Waals surface area contributed by atoms with Crippen LogP contribution in [0.5, 0.6) is 0 Å². The van der Waals surface area contributed by atoms with E-state index in [2.05, 4.69) is 4.98 Å². The summed E-state index contributed by atoms with van der Waals surface area (Å²) in [4.78, 5) is 30.8. The van der Waals surface area contributed by atoms with E-state index in [0.717, 1.165) is 0 Å². The molecule has 7 nitrogen and oxygen atoms in total. The molecule has 0 aliphatic carbocycles. The van der Waals surface area contributed by atoms with Crippen LogP contribution in [-0.4, -0.2) is 64.1 Å². The second kappa shape index (κ2) is 6.21. The fraction of sp³-hybridized carbons (Fsp3) is 0.583. The molecule has 1 aliphatic rings. The highest BCUT2D eigenvalue weighted by molar-refractivity contribution is 5.76. The summed E-state index contributed by atoms with van der Waals surface area (Å²) in [5.74, 6) is 0.0431. The van der Waals surface area contributed by atoms with Gasteiger partial charge in [-0.15, -0.1) is 0 Å². The van der Waals surface area contributed by atoms with Crippen LogP contribution in [0.15, 0.2) is 18.7 Å². The molecule has 1 fully saturated rings. The highest BCUT2D eigenvalue weighted by Gasteiger charge is 2.24. The number of hydrogen-bond acceptors (Lipinski definition) is 4. The van der Waals surface area contributed by atoms with Gasteiger partial charge in [-0.05, 0) is 6.92 Å². The van der Waals surface area contributed by atoms with Crippen LogP contribution in [0.25, 0.3) is 0 Å². The number of carbonyl (C=O) groups excluding carboxylic acids is 2. The quantitative estimate of drug-likeness (QED) is 0.783. The lowest BCUT2D eigenvalue weighted by Gasteiger charge is -2.34. The van der Waals surface area contributed by atoms with Crippen LogP contribution in [-0.2, 0) is 16.1 Å². The second-order valence-corrected chi connectivity index (χ2v) is 4.30. The van der Waals surface area contributed by atoms with Crippen LogP contribution >= 0.6 is 0 Å². The largest absolute Gasteiger partial charge is 0.450 e. The highest BCUT2D eigenvalue weighted by Crippen LogP contribution is 2.05. The number of carbonyl (C=O) groups is 2. The molecule has 0 N–H and O–H groups in total. The number of nitrogens with zero attached hydrogens (tertiary/aromatic N) is 4. The Hall–Kier alpha value is -2.05. The second-order valence-electron chi connectivity index (χ2n) is 4.30. The molecule has 2 rings (SSSR count). The average molecular weight is 266 g/mol. The van der Waals surface area contributed by atoms with Crippen LogP contribution in [0.3, 0.4) is 0 Å². The summed E-state index contributed by atoms with van der Waals surface area (Å²) in [6.45, 7) is 4.59. The average Bonchev–Trinajstić information content (AvgIpc) is 2.92. The van der Waals surface area contributed by atoms with Gasteiger partial charge in [0.15, 0.2) is 0 Å². The zero-order valence-electron chi connectivity index (χ0n) is 11.0. The maximum atomic E-state index is 12.0. The molecule has 0 radical (unpaired) electrons. The van der Waals surface area contributed by atoms with Crippen molar-refractivity contribution in [3.05, 3.63) is 18.7 Å². The van der Waals surface area contributed by atoms with Crippen LogP contribution in [0.4, 0.5) is 4.79 Å². The summed E-state index contributed by atoms with van der Waals surface area (Å²) < 4.78 is 6.67. The Labute approximate surface area is 111 Å². The monoisotopic (exact) mass is 266 g/mol. The van der Waals surface area contributed by atoms with Gasteiger partial charge in [-0.25, -0.2) is 9.78 Å². The van der Waals surface area contributed by atoms with E-state index in [1.807, 2.05) is 0 Å². The maximum Gasteiger partial charge on any atom is 0.409 e. The third-order valence-corrected chi connectivity index (χ3v) is 3.04. The van der Waals surface area contributed by atoms with Crippen LogP contribution in [0.2, 0.25) is 0 Å². The zero-order valence-corrected chi connectivity index (χ0v) is 11.0. The van der Waals surface area contributed by atoms with E-state index in [0.29, 0.717) is 39.3 Å². The molecule has 2 heterocycles. The standard InChI is InChI=1S/C12H18N4O3/c1-2-19-12(18)16-7-5-15(6-8-16)11(17)9-14-4-3-13-10-14/h3-4,10H,2,5-9H2,1H3. The minimum atomic E-state index is -0.302. The van der Waals surface area contributed by atoms with Gasteiger partial charge in [0.05, 0.1) is 12.9 Å². The first kappa shape index (κ1) is 13.4. The first-order valence-corrected chi connectivity index (χ1v) is 6.36. The highest BCUT2D eigenvalue weighted by atomic mass is 16.6. The summed E-state index contributed by atoms with van der Waals surface area (Å²) in [6, 6.07) is 0. The molecule has 1 aromatic heterocycles. The van der Waals surface area contributed by atoms with Gasteiger partial charge < -0.3 is 19.1 Å². The lowest BCUT2D eigenvalue weighted by molar-refractivity contribution is -0.133. The van der Waals surface area contributed by atoms with Gasteiger partial charge in [0.2, 0.25) is 5.91 Å². The van der Waals surface area contributed by atoms with E-state index >= 15 is 0 Å². The number of rotatable bonds is 3. The van der Waals surface area contributed by atoms with Crippen molar-refractivity contribution in [3.63, 3.8) is 0 Å². The molecule has 0 atom stereocenters. The molecule has 1 saturated heterocycles. The molecule has 0 saturated carbocycles. The van der Waals surface area contributed by atoms with Crippen molar-refractivity contribution in [2.75, 3.05) is 32.8 Å². The van der Waals surface area contributed by atoms with Crippen molar-refractivity contribution in [1.82, 2.24) is 19.4 Å². The molecular formula is C12H18N4O3. The summed E-state index contributed by atoms with van der Waals surface area (Å²) in [6.07, 6.45) is 4.72. The van der Waals surface area contributed by atoms with Gasteiger partial charge in [0.1, 0.15) is 6.54 Å². The van der Waals surface area contributed by atoms with E-state index in [-0.39, 0.29) is 12.0 Å². The Morgan fingerprint density at radius 1 is 1.21 bits per heavy atom. The van der Waals surface area contributed by atoms with Gasteiger partial charge in [-0.1, -0.05) is 0 Å². The predicted molar refractivity (Wildman–Crippen MR) is 67.4 cm³/mol. The fourth-order valence-electron chi connectivity index (χ4n) is 1.99. The summed E-state index contributed by atoms with van der Waals surface area (Å²) in [5.41, 5.74) is 0. The maximum absolute atomic E-state index is 12.0. The van der Waals surface area contributed by atoms with Gasteiger partial charge in [0, 0.05) is 38.6 Å². The van der Waals surface area contributed by atoms with E-state index < -0.39 is 0 Å².